The van der Waals surface area contributed by atoms with Gasteiger partial charge in [0.15, 0.2) is 0 Å². The second-order valence-corrected chi connectivity index (χ2v) is 13.1. The predicted octanol–water partition coefficient (Wildman–Crippen LogP) is 7.78. The van der Waals surface area contributed by atoms with E-state index in [1.807, 2.05) is 87.7 Å². The van der Waals surface area contributed by atoms with E-state index >= 15 is 0 Å². The molecule has 1 atom stereocenters. The second kappa shape index (κ2) is 14.5. The van der Waals surface area contributed by atoms with E-state index in [2.05, 4.69) is 35.9 Å². The van der Waals surface area contributed by atoms with Crippen LogP contribution in [0.3, 0.4) is 0 Å². The summed E-state index contributed by atoms with van der Waals surface area (Å²) >= 11 is 3.41. The van der Waals surface area contributed by atoms with Crippen molar-refractivity contribution in [3.05, 3.63) is 179 Å². The summed E-state index contributed by atoms with van der Waals surface area (Å²) in [5, 5.41) is 1.00. The van der Waals surface area contributed by atoms with Crippen molar-refractivity contribution in [1.82, 2.24) is 24.5 Å². The number of H-pyrrole nitrogens is 1. The molecular weight excluding hydrogens is 706 g/mol. The summed E-state index contributed by atoms with van der Waals surface area (Å²) in [6, 6.07) is 27.0. The molecule has 5 heterocycles. The Morgan fingerprint density at radius 1 is 0.667 bits per heavy atom. The van der Waals surface area contributed by atoms with Crippen molar-refractivity contribution >= 4 is 49.3 Å². The minimum absolute atomic E-state index is 0.103. The van der Waals surface area contributed by atoms with Crippen molar-refractivity contribution in [2.75, 3.05) is 0 Å². The number of pyridine rings is 5. The summed E-state index contributed by atoms with van der Waals surface area (Å²) in [5.74, 6) is -0.734. The zero-order chi connectivity index (χ0) is 36.4. The molecule has 0 fully saturated rings. The van der Waals surface area contributed by atoms with Crippen LogP contribution >= 0.6 is 15.9 Å². The van der Waals surface area contributed by atoms with Gasteiger partial charge in [-0.2, -0.15) is 0 Å². The molecule has 0 aliphatic heterocycles. The molecule has 0 spiro atoms. The third-order valence-corrected chi connectivity index (χ3v) is 9.41. The Kier molecular flexibility index (Phi) is 9.97. The van der Waals surface area contributed by atoms with E-state index in [1.165, 1.54) is 6.20 Å². The van der Waals surface area contributed by atoms with Crippen molar-refractivity contribution in [2.24, 2.45) is 0 Å². The van der Waals surface area contributed by atoms with Crippen LogP contribution < -0.4 is 10.9 Å². The summed E-state index contributed by atoms with van der Waals surface area (Å²) in [6.45, 7) is 9.56. The largest absolute Gasteiger partial charge is 0.360 e. The average molecular weight is 741 g/mol. The highest BCUT2D eigenvalue weighted by molar-refractivity contribution is 9.10. The van der Waals surface area contributed by atoms with Gasteiger partial charge < -0.3 is 9.55 Å². The summed E-state index contributed by atoms with van der Waals surface area (Å²) in [4.78, 5) is 67.5. The highest BCUT2D eigenvalue weighted by Crippen LogP contribution is 2.24. The van der Waals surface area contributed by atoms with E-state index in [0.29, 0.717) is 22.0 Å². The number of para-hydroxylation sites is 2. The number of aromatic amines is 1. The SMILES string of the molecule is Cc1ccc(C(=O)c2c[nH]c3ccccc3c2=O)nc1C.Cc1ccc(C(=O)c2cn(C(C)c3cccc(Br)n3)c3ccccc3c2=O)nc1C. The maximum Gasteiger partial charge on any atom is 0.216 e. The number of hydrogen-bond donors (Lipinski definition) is 1. The standard InChI is InChI=1S/C24H20BrN3O2.C17H14N2O2/c1-14-11-12-20(26-15(14)2)24(30)18-13-28(16(3)19-8-6-10-22(25)27-19)21-9-5-4-7-17(21)23(18)29;1-10-7-8-15(19-11(10)2)17(21)13-9-18-14-6-4-3-5-12(14)16(13)20/h4-13,16H,1-3H3;3-9H,1-2H3,(H,18,20). The van der Waals surface area contributed by atoms with Crippen molar-refractivity contribution in [1.29, 1.82) is 0 Å². The number of benzene rings is 2. The normalized spacial score (nSPS) is 11.6. The fourth-order valence-electron chi connectivity index (χ4n) is 5.71. The van der Waals surface area contributed by atoms with Crippen LogP contribution in [0.5, 0.6) is 0 Å². The van der Waals surface area contributed by atoms with Crippen LogP contribution in [0.15, 0.2) is 118 Å². The second-order valence-electron chi connectivity index (χ2n) is 12.3. The average Bonchev–Trinajstić information content (AvgIpc) is 3.14. The first-order valence-electron chi connectivity index (χ1n) is 16.3. The molecule has 0 aliphatic carbocycles. The summed E-state index contributed by atoms with van der Waals surface area (Å²) in [7, 11) is 0. The van der Waals surface area contributed by atoms with Gasteiger partial charge in [-0.3, -0.25) is 19.2 Å². The number of nitrogens with one attached hydrogen (secondary N) is 1. The smallest absolute Gasteiger partial charge is 0.216 e. The van der Waals surface area contributed by atoms with Gasteiger partial charge in [0.05, 0.1) is 28.4 Å². The topological polar surface area (TPSA) is 128 Å². The first-order chi connectivity index (χ1) is 24.4. The predicted molar refractivity (Wildman–Crippen MR) is 203 cm³/mol. The van der Waals surface area contributed by atoms with Gasteiger partial charge in [-0.1, -0.05) is 42.5 Å². The molecule has 9 nitrogen and oxygen atoms in total. The number of halogens is 1. The number of fused-ring (bicyclic) bond motifs is 2. The van der Waals surface area contributed by atoms with Gasteiger partial charge in [-0.05, 0) is 110 Å². The lowest BCUT2D eigenvalue weighted by Gasteiger charge is -2.20. The van der Waals surface area contributed by atoms with Crippen LogP contribution in [0.1, 0.15) is 73.3 Å². The minimum Gasteiger partial charge on any atom is -0.360 e. The Morgan fingerprint density at radius 3 is 1.86 bits per heavy atom. The number of hydrogen-bond acceptors (Lipinski definition) is 7. The molecule has 0 saturated carbocycles. The third kappa shape index (κ3) is 7.09. The van der Waals surface area contributed by atoms with Gasteiger partial charge in [-0.25, -0.2) is 15.0 Å². The molecule has 10 heteroatoms. The van der Waals surface area contributed by atoms with Crippen LogP contribution in [-0.2, 0) is 0 Å². The molecule has 2 aromatic carbocycles. The Hall–Kier alpha value is -5.87. The van der Waals surface area contributed by atoms with E-state index in [0.717, 1.165) is 38.3 Å². The number of nitrogens with zero attached hydrogens (tertiary/aromatic N) is 4. The van der Waals surface area contributed by atoms with E-state index in [1.54, 1.807) is 48.7 Å². The number of ketones is 2. The molecule has 1 unspecified atom stereocenters. The molecule has 5 aromatic heterocycles. The van der Waals surface area contributed by atoms with Crippen molar-refractivity contribution in [3.8, 4) is 0 Å². The maximum atomic E-state index is 13.2. The van der Waals surface area contributed by atoms with Gasteiger partial charge in [0.25, 0.3) is 0 Å². The lowest BCUT2D eigenvalue weighted by Crippen LogP contribution is -2.22. The lowest BCUT2D eigenvalue weighted by atomic mass is 10.0. The number of carbonyl (C=O) groups excluding carboxylic acids is 2. The van der Waals surface area contributed by atoms with Crippen molar-refractivity contribution in [3.63, 3.8) is 0 Å². The van der Waals surface area contributed by atoms with Gasteiger partial charge in [0.1, 0.15) is 16.0 Å². The molecular formula is C41H34BrN5O4. The van der Waals surface area contributed by atoms with E-state index in [4.69, 9.17) is 0 Å². The summed E-state index contributed by atoms with van der Waals surface area (Å²) in [5.41, 5.74) is 6.08. The first kappa shape index (κ1) is 35.0. The van der Waals surface area contributed by atoms with Crippen LogP contribution in [0, 0.1) is 27.7 Å². The minimum atomic E-state index is -0.378. The van der Waals surface area contributed by atoms with E-state index in [9.17, 15) is 19.2 Å². The zero-order valence-corrected chi connectivity index (χ0v) is 30.3. The Labute approximate surface area is 302 Å². The summed E-state index contributed by atoms with van der Waals surface area (Å²) < 4.78 is 2.66. The number of carbonyl (C=O) groups is 2. The third-order valence-electron chi connectivity index (χ3n) is 8.96. The zero-order valence-electron chi connectivity index (χ0n) is 28.7. The first-order valence-corrected chi connectivity index (χ1v) is 17.1. The number of rotatable bonds is 6. The molecule has 1 N–H and O–H groups in total. The molecule has 254 valence electrons. The molecule has 0 radical (unpaired) electrons. The van der Waals surface area contributed by atoms with Crippen LogP contribution in [0.4, 0.5) is 0 Å². The monoisotopic (exact) mass is 739 g/mol. The Balaban J connectivity index is 0.000000187. The van der Waals surface area contributed by atoms with Gasteiger partial charge >= 0.3 is 0 Å². The van der Waals surface area contributed by atoms with E-state index in [-0.39, 0.29) is 45.3 Å². The summed E-state index contributed by atoms with van der Waals surface area (Å²) in [6.07, 6.45) is 3.10. The lowest BCUT2D eigenvalue weighted by molar-refractivity contribution is 0.102. The van der Waals surface area contributed by atoms with Gasteiger partial charge in [0.2, 0.25) is 22.4 Å². The Morgan fingerprint density at radius 2 is 1.24 bits per heavy atom. The molecule has 51 heavy (non-hydrogen) atoms. The molecule has 7 rings (SSSR count). The van der Waals surface area contributed by atoms with Crippen LogP contribution in [-0.4, -0.2) is 36.1 Å². The maximum absolute atomic E-state index is 13.2. The van der Waals surface area contributed by atoms with Crippen LogP contribution in [0.2, 0.25) is 0 Å². The van der Waals surface area contributed by atoms with Crippen molar-refractivity contribution < 1.29 is 9.59 Å². The molecule has 0 saturated heterocycles. The number of aromatic nitrogens is 5. The van der Waals surface area contributed by atoms with Gasteiger partial charge in [-0.15, -0.1) is 0 Å². The molecule has 0 bridgehead atoms. The van der Waals surface area contributed by atoms with Gasteiger partial charge in [0, 0.05) is 40.1 Å². The van der Waals surface area contributed by atoms with E-state index < -0.39 is 0 Å². The van der Waals surface area contributed by atoms with Crippen molar-refractivity contribution in [2.45, 2.75) is 40.7 Å². The molecule has 0 amide bonds. The van der Waals surface area contributed by atoms with Crippen LogP contribution in [0.25, 0.3) is 21.8 Å². The fraction of sp³-hybridized carbons (Fsp3) is 0.146. The highest BCUT2D eigenvalue weighted by Gasteiger charge is 2.21. The Bertz CT molecular complexity index is 2610. The molecule has 0 aliphatic rings. The number of aryl methyl sites for hydroxylation is 4. The quantitative estimate of drug-likeness (QED) is 0.136. The fourth-order valence-corrected chi connectivity index (χ4v) is 6.07. The highest BCUT2D eigenvalue weighted by atomic mass is 79.9. The molecule has 7 aromatic rings.